The van der Waals surface area contributed by atoms with Crippen LogP contribution in [0.25, 0.3) is 0 Å². The summed E-state index contributed by atoms with van der Waals surface area (Å²) in [5.41, 5.74) is 3.18. The molecule has 0 saturated heterocycles. The second-order valence-electron chi connectivity index (χ2n) is 13.3. The van der Waals surface area contributed by atoms with Crippen LogP contribution < -0.4 is 0 Å². The Hall–Kier alpha value is -0.300. The lowest BCUT2D eigenvalue weighted by molar-refractivity contribution is -0.0630. The van der Waals surface area contributed by atoms with Crippen LogP contribution in [-0.2, 0) is 0 Å². The highest BCUT2D eigenvalue weighted by molar-refractivity contribution is 5.32. The highest BCUT2D eigenvalue weighted by Gasteiger charge is 2.63. The highest BCUT2D eigenvalue weighted by atomic mass is 16.3. The monoisotopic (exact) mass is 414 g/mol. The Balaban J connectivity index is 1.55. The van der Waals surface area contributed by atoms with Crippen molar-refractivity contribution >= 4 is 0 Å². The van der Waals surface area contributed by atoms with E-state index in [1.54, 1.807) is 0 Å². The van der Waals surface area contributed by atoms with E-state index in [9.17, 15) is 5.11 Å². The van der Waals surface area contributed by atoms with Gasteiger partial charge in [-0.1, -0.05) is 73.0 Å². The maximum atomic E-state index is 10.3. The number of allylic oxidation sites excluding steroid dienone is 2. The third-order valence-electron chi connectivity index (χ3n) is 11.8. The second kappa shape index (κ2) is 7.93. The van der Waals surface area contributed by atoms with Gasteiger partial charge < -0.3 is 5.11 Å². The van der Waals surface area contributed by atoms with Gasteiger partial charge in [0, 0.05) is 0 Å². The fraction of sp³-hybridized carbons (Fsp3) is 0.931. The molecule has 4 rings (SSSR count). The van der Waals surface area contributed by atoms with Crippen molar-refractivity contribution in [2.24, 2.45) is 51.8 Å². The van der Waals surface area contributed by atoms with Gasteiger partial charge >= 0.3 is 0 Å². The van der Waals surface area contributed by atoms with Crippen molar-refractivity contribution in [2.75, 3.05) is 0 Å². The number of aliphatic hydroxyl groups excluding tert-OH is 1. The van der Waals surface area contributed by atoms with Gasteiger partial charge in [0.2, 0.25) is 0 Å². The zero-order chi connectivity index (χ0) is 21.9. The molecule has 9 unspecified atom stereocenters. The van der Waals surface area contributed by atoms with E-state index >= 15 is 0 Å². The third-order valence-corrected chi connectivity index (χ3v) is 11.8. The molecule has 9 atom stereocenters. The summed E-state index contributed by atoms with van der Waals surface area (Å²) in [4.78, 5) is 0. The Morgan fingerprint density at radius 2 is 1.70 bits per heavy atom. The van der Waals surface area contributed by atoms with Gasteiger partial charge in [0.15, 0.2) is 0 Å². The van der Waals surface area contributed by atoms with Crippen LogP contribution in [0, 0.1) is 51.8 Å². The van der Waals surface area contributed by atoms with Gasteiger partial charge in [-0.3, -0.25) is 0 Å². The van der Waals surface area contributed by atoms with Crippen LogP contribution in [0.15, 0.2) is 11.6 Å². The molecule has 0 aliphatic heterocycles. The number of rotatable bonds is 5. The first-order valence-corrected chi connectivity index (χ1v) is 13.4. The molecule has 0 bridgehead atoms. The molecule has 4 aliphatic rings. The second-order valence-corrected chi connectivity index (χ2v) is 13.3. The summed E-state index contributed by atoms with van der Waals surface area (Å²) < 4.78 is 0. The van der Waals surface area contributed by atoms with Crippen molar-refractivity contribution in [1.29, 1.82) is 0 Å². The molecule has 1 nitrogen and oxygen atoms in total. The summed E-state index contributed by atoms with van der Waals surface area (Å²) in [7, 11) is 0. The predicted molar refractivity (Wildman–Crippen MR) is 128 cm³/mol. The van der Waals surface area contributed by atoms with Crippen molar-refractivity contribution < 1.29 is 5.11 Å². The Labute approximate surface area is 187 Å². The van der Waals surface area contributed by atoms with Crippen molar-refractivity contribution in [3.63, 3.8) is 0 Å². The molecule has 1 heteroatoms. The SMILES string of the molecule is CC(C)C(C)CCC(C)C1CCC2(C)C3=CCC4CC(O)CCC4(C)C3CCC12C. The highest BCUT2D eigenvalue weighted by Crippen LogP contribution is 2.72. The Kier molecular flexibility index (Phi) is 6.05. The van der Waals surface area contributed by atoms with Gasteiger partial charge in [-0.2, -0.15) is 0 Å². The van der Waals surface area contributed by atoms with E-state index in [0.717, 1.165) is 42.4 Å². The zero-order valence-corrected chi connectivity index (χ0v) is 21.1. The van der Waals surface area contributed by atoms with Crippen LogP contribution in [0.1, 0.15) is 113 Å². The van der Waals surface area contributed by atoms with Gasteiger partial charge in [0.1, 0.15) is 0 Å². The van der Waals surface area contributed by atoms with Gasteiger partial charge in [-0.25, -0.2) is 0 Å². The summed E-state index contributed by atoms with van der Waals surface area (Å²) in [6.07, 6.45) is 15.6. The minimum atomic E-state index is -0.0487. The standard InChI is InChI=1S/C29H50O/c1-19(2)20(3)8-9-21(4)24-13-16-29(7)26-11-10-22-18-23(30)12-15-27(22,5)25(26)14-17-28(24,29)6/h11,19-25,30H,8-10,12-18H2,1-7H3. The topological polar surface area (TPSA) is 20.2 Å². The van der Waals surface area contributed by atoms with Crippen LogP contribution in [0.5, 0.6) is 0 Å². The maximum Gasteiger partial charge on any atom is 0.0543 e. The number of fused-ring (bicyclic) bond motifs is 5. The molecule has 30 heavy (non-hydrogen) atoms. The maximum absolute atomic E-state index is 10.3. The van der Waals surface area contributed by atoms with E-state index < -0.39 is 0 Å². The van der Waals surface area contributed by atoms with Crippen LogP contribution >= 0.6 is 0 Å². The van der Waals surface area contributed by atoms with Crippen LogP contribution in [0.2, 0.25) is 0 Å². The lowest BCUT2D eigenvalue weighted by Crippen LogP contribution is -2.53. The van der Waals surface area contributed by atoms with E-state index in [0.29, 0.717) is 22.2 Å². The van der Waals surface area contributed by atoms with Crippen LogP contribution in [-0.4, -0.2) is 11.2 Å². The minimum absolute atomic E-state index is 0.0487. The van der Waals surface area contributed by atoms with Gasteiger partial charge in [0.25, 0.3) is 0 Å². The molecule has 0 aromatic carbocycles. The predicted octanol–water partition coefficient (Wildman–Crippen LogP) is 8.02. The summed E-state index contributed by atoms with van der Waals surface area (Å²) in [6.45, 7) is 17.7. The van der Waals surface area contributed by atoms with Crippen molar-refractivity contribution in [1.82, 2.24) is 0 Å². The molecule has 1 N–H and O–H groups in total. The molecule has 3 fully saturated rings. The Bertz CT molecular complexity index is 663. The molecule has 0 radical (unpaired) electrons. The lowest BCUT2D eigenvalue weighted by Gasteiger charge is -2.61. The molecule has 4 aliphatic carbocycles. The third kappa shape index (κ3) is 3.36. The first-order valence-electron chi connectivity index (χ1n) is 13.4. The summed E-state index contributed by atoms with van der Waals surface area (Å²) in [6, 6.07) is 0. The van der Waals surface area contributed by atoms with Crippen LogP contribution in [0.3, 0.4) is 0 Å². The molecular weight excluding hydrogens is 364 g/mol. The fourth-order valence-corrected chi connectivity index (χ4v) is 8.89. The van der Waals surface area contributed by atoms with Crippen molar-refractivity contribution in [2.45, 2.75) is 119 Å². The summed E-state index contributed by atoms with van der Waals surface area (Å²) in [5, 5.41) is 10.3. The average Bonchev–Trinajstić information content (AvgIpc) is 2.97. The molecule has 0 amide bonds. The van der Waals surface area contributed by atoms with Crippen molar-refractivity contribution in [3.8, 4) is 0 Å². The van der Waals surface area contributed by atoms with E-state index in [1.807, 2.05) is 5.57 Å². The summed E-state index contributed by atoms with van der Waals surface area (Å²) in [5.74, 6) is 4.89. The first kappa shape index (κ1) is 22.9. The van der Waals surface area contributed by atoms with E-state index in [2.05, 4.69) is 54.5 Å². The smallest absolute Gasteiger partial charge is 0.0543 e. The fourth-order valence-electron chi connectivity index (χ4n) is 8.89. The van der Waals surface area contributed by atoms with Gasteiger partial charge in [-0.15, -0.1) is 0 Å². The molecule has 0 heterocycles. The average molecular weight is 415 g/mol. The minimum Gasteiger partial charge on any atom is -0.393 e. The largest absolute Gasteiger partial charge is 0.393 e. The summed E-state index contributed by atoms with van der Waals surface area (Å²) >= 11 is 0. The normalized spacial score (nSPS) is 47.8. The van der Waals surface area contributed by atoms with E-state index in [1.165, 1.54) is 51.4 Å². The van der Waals surface area contributed by atoms with Gasteiger partial charge in [-0.05, 0) is 103 Å². The molecule has 0 aromatic rings. The van der Waals surface area contributed by atoms with E-state index in [-0.39, 0.29) is 6.10 Å². The van der Waals surface area contributed by atoms with Gasteiger partial charge in [0.05, 0.1) is 6.10 Å². The molecule has 0 aromatic heterocycles. The Morgan fingerprint density at radius 3 is 2.40 bits per heavy atom. The molecule has 0 spiro atoms. The molecule has 172 valence electrons. The quantitative estimate of drug-likeness (QED) is 0.451. The molecule has 3 saturated carbocycles. The van der Waals surface area contributed by atoms with Crippen molar-refractivity contribution in [3.05, 3.63) is 11.6 Å². The number of hydrogen-bond donors (Lipinski definition) is 1. The first-order chi connectivity index (χ1) is 14.0. The molecular formula is C29H50O. The van der Waals surface area contributed by atoms with E-state index in [4.69, 9.17) is 0 Å². The lowest BCUT2D eigenvalue weighted by atomic mass is 9.43. The van der Waals surface area contributed by atoms with Crippen LogP contribution in [0.4, 0.5) is 0 Å². The number of aliphatic hydroxyl groups is 1. The zero-order valence-electron chi connectivity index (χ0n) is 21.1. The Morgan fingerprint density at radius 1 is 0.967 bits per heavy atom. The number of hydrogen-bond acceptors (Lipinski definition) is 1.